The number of nitrogens with zero attached hydrogens (tertiary/aromatic N) is 2. The summed E-state index contributed by atoms with van der Waals surface area (Å²) in [7, 11) is 0. The van der Waals surface area contributed by atoms with E-state index in [4.69, 9.17) is 0 Å². The van der Waals surface area contributed by atoms with Crippen LogP contribution in [0.1, 0.15) is 0 Å². The molecule has 0 amide bonds. The molecule has 0 aliphatic heterocycles. The highest BCUT2D eigenvalue weighted by molar-refractivity contribution is 6.16. The predicted molar refractivity (Wildman–Crippen MR) is 314 cm³/mol. The van der Waals surface area contributed by atoms with Gasteiger partial charge in [0.25, 0.3) is 0 Å². The zero-order valence-electron chi connectivity index (χ0n) is 40.8. The molecule has 0 aliphatic rings. The predicted octanol–water partition coefficient (Wildman–Crippen LogP) is 19.9. The van der Waals surface area contributed by atoms with Crippen molar-refractivity contribution in [3.05, 3.63) is 303 Å². The number of para-hydroxylation sites is 2. The average molecular weight is 943 g/mol. The van der Waals surface area contributed by atoms with Crippen LogP contribution < -0.4 is 4.90 Å². The minimum Gasteiger partial charge on any atom is -0.310 e. The molecule has 13 rings (SSSR count). The largest absolute Gasteiger partial charge is 0.310 e. The Bertz CT molecular complexity index is 4070. The van der Waals surface area contributed by atoms with Gasteiger partial charge < -0.3 is 9.47 Å². The van der Waals surface area contributed by atoms with Crippen LogP contribution in [0.5, 0.6) is 0 Å². The molecule has 0 radical (unpaired) electrons. The maximum absolute atomic E-state index is 2.40. The van der Waals surface area contributed by atoms with Gasteiger partial charge in [0.05, 0.1) is 11.0 Å². The van der Waals surface area contributed by atoms with E-state index in [1.54, 1.807) is 0 Å². The van der Waals surface area contributed by atoms with Gasteiger partial charge in [0.1, 0.15) is 0 Å². The van der Waals surface area contributed by atoms with Gasteiger partial charge in [-0.05, 0) is 139 Å². The maximum Gasteiger partial charge on any atom is 0.0547 e. The zero-order chi connectivity index (χ0) is 49.2. The minimum absolute atomic E-state index is 1.07. The Labute approximate surface area is 433 Å². The molecule has 0 aliphatic carbocycles. The van der Waals surface area contributed by atoms with E-state index < -0.39 is 0 Å². The van der Waals surface area contributed by atoms with Crippen molar-refractivity contribution in [2.24, 2.45) is 0 Å². The van der Waals surface area contributed by atoms with Crippen molar-refractivity contribution in [2.45, 2.75) is 0 Å². The average Bonchev–Trinajstić information content (AvgIpc) is 3.83. The number of hydrogen-bond acceptors (Lipinski definition) is 1. The monoisotopic (exact) mass is 942 g/mol. The van der Waals surface area contributed by atoms with Crippen molar-refractivity contribution in [2.75, 3.05) is 4.90 Å². The molecule has 0 fully saturated rings. The fourth-order valence-electron chi connectivity index (χ4n) is 11.0. The van der Waals surface area contributed by atoms with Gasteiger partial charge in [-0.1, -0.05) is 243 Å². The van der Waals surface area contributed by atoms with Crippen LogP contribution >= 0.6 is 0 Å². The van der Waals surface area contributed by atoms with Crippen LogP contribution in [0.2, 0.25) is 0 Å². The van der Waals surface area contributed by atoms with Crippen molar-refractivity contribution < 1.29 is 0 Å². The van der Waals surface area contributed by atoms with Crippen LogP contribution in [-0.2, 0) is 0 Å². The Balaban J connectivity index is 0.944. The van der Waals surface area contributed by atoms with Crippen molar-refractivity contribution in [1.82, 2.24) is 4.57 Å². The summed E-state index contributed by atoms with van der Waals surface area (Å²) in [6, 6.07) is 110. The number of fused-ring (bicyclic) bond motifs is 3. The molecule has 0 unspecified atom stereocenters. The molecule has 0 saturated carbocycles. The highest BCUT2D eigenvalue weighted by Crippen LogP contribution is 2.46. The topological polar surface area (TPSA) is 8.17 Å². The van der Waals surface area contributed by atoms with E-state index in [1.165, 1.54) is 88.6 Å². The van der Waals surface area contributed by atoms with E-state index in [9.17, 15) is 0 Å². The molecule has 12 aromatic carbocycles. The lowest BCUT2D eigenvalue weighted by Gasteiger charge is -2.27. The van der Waals surface area contributed by atoms with E-state index in [2.05, 4.69) is 313 Å². The summed E-state index contributed by atoms with van der Waals surface area (Å²) in [5, 5.41) is 2.47. The van der Waals surface area contributed by atoms with E-state index in [0.29, 0.717) is 0 Å². The number of aromatic nitrogens is 1. The number of benzene rings is 12. The van der Waals surface area contributed by atoms with Crippen molar-refractivity contribution in [3.8, 4) is 83.6 Å². The summed E-state index contributed by atoms with van der Waals surface area (Å²) in [6.45, 7) is 0. The molecule has 0 N–H and O–H groups in total. The molecule has 13 aromatic rings. The molecule has 0 saturated heterocycles. The third-order valence-corrected chi connectivity index (χ3v) is 14.4. The molecule has 0 atom stereocenters. The van der Waals surface area contributed by atoms with E-state index >= 15 is 0 Å². The summed E-state index contributed by atoms with van der Waals surface area (Å²) in [6.07, 6.45) is 0. The van der Waals surface area contributed by atoms with Gasteiger partial charge in [-0.25, -0.2) is 0 Å². The summed E-state index contributed by atoms with van der Waals surface area (Å²) in [5.41, 5.74) is 23.4. The third-order valence-electron chi connectivity index (χ3n) is 14.4. The molecule has 74 heavy (non-hydrogen) atoms. The lowest BCUT2D eigenvalue weighted by atomic mass is 9.84. The van der Waals surface area contributed by atoms with Crippen LogP contribution in [0.15, 0.2) is 303 Å². The fraction of sp³-hybridized carbons (Fsp3) is 0. The number of anilines is 3. The van der Waals surface area contributed by atoms with Crippen LogP contribution in [0.4, 0.5) is 17.1 Å². The lowest BCUT2D eigenvalue weighted by Crippen LogP contribution is -2.10. The normalized spacial score (nSPS) is 11.2. The quantitative estimate of drug-likeness (QED) is 0.125. The van der Waals surface area contributed by atoms with Gasteiger partial charge in [-0.3, -0.25) is 0 Å². The molecule has 0 bridgehead atoms. The van der Waals surface area contributed by atoms with E-state index in [1.807, 2.05) is 0 Å². The van der Waals surface area contributed by atoms with Crippen molar-refractivity contribution in [3.63, 3.8) is 0 Å². The molecule has 1 aromatic heterocycles. The number of rotatable bonds is 11. The molecule has 1 heterocycles. The summed E-state index contributed by atoms with van der Waals surface area (Å²) >= 11 is 0. The Morgan fingerprint density at radius 3 is 1.24 bits per heavy atom. The van der Waals surface area contributed by atoms with Gasteiger partial charge in [-0.2, -0.15) is 0 Å². The zero-order valence-corrected chi connectivity index (χ0v) is 40.8. The third kappa shape index (κ3) is 8.25. The van der Waals surface area contributed by atoms with Crippen LogP contribution in [0, 0.1) is 0 Å². The highest BCUT2D eigenvalue weighted by atomic mass is 15.1. The molecule has 2 nitrogen and oxygen atoms in total. The second kappa shape index (κ2) is 19.4. The summed E-state index contributed by atoms with van der Waals surface area (Å²) < 4.78 is 2.39. The Morgan fingerprint density at radius 2 is 0.622 bits per heavy atom. The molecule has 2 heteroatoms. The van der Waals surface area contributed by atoms with E-state index in [0.717, 1.165) is 33.9 Å². The van der Waals surface area contributed by atoms with Gasteiger partial charge in [-0.15, -0.1) is 0 Å². The second-order valence-electron chi connectivity index (χ2n) is 18.8. The van der Waals surface area contributed by atoms with Crippen molar-refractivity contribution >= 4 is 38.9 Å². The summed E-state index contributed by atoms with van der Waals surface area (Å²) in [5.74, 6) is 0. The molecular formula is C72H50N2. The standard InChI is InChI=1S/C72H50N2/c1-5-20-51(21-6-1)52-38-40-53(41-39-52)54-42-46-60(47-43-54)73(62-29-17-26-58(50-62)66-35-19-37-70-72(66)68-32-15-16-36-69(68)74(70)59-27-11-4-12-28-59)61-48-44-57(45-49-61)65-34-18-33-64(56-24-9-3-10-25-56)71(65)67-31-14-13-30-63(67)55-22-7-2-8-23-55/h1-50H. The number of hydrogen-bond donors (Lipinski definition) is 0. The molecule has 348 valence electrons. The SMILES string of the molecule is c1ccc(-c2ccc(-c3ccc(N(c4ccc(-c5cccc(-c6ccccc6)c5-c5ccccc5-c5ccccc5)cc4)c4cccc(-c5cccc6c5c5ccccc5n6-c5ccccc5)c4)cc3)cc2)cc1. The van der Waals surface area contributed by atoms with Gasteiger partial charge in [0.15, 0.2) is 0 Å². The van der Waals surface area contributed by atoms with Crippen LogP contribution in [0.25, 0.3) is 105 Å². The first-order valence-electron chi connectivity index (χ1n) is 25.4. The molecular weight excluding hydrogens is 893 g/mol. The fourth-order valence-corrected chi connectivity index (χ4v) is 11.0. The van der Waals surface area contributed by atoms with Crippen LogP contribution in [0.3, 0.4) is 0 Å². The van der Waals surface area contributed by atoms with E-state index in [-0.39, 0.29) is 0 Å². The Kier molecular flexibility index (Phi) is 11.6. The Morgan fingerprint density at radius 1 is 0.230 bits per heavy atom. The van der Waals surface area contributed by atoms with Gasteiger partial charge in [0.2, 0.25) is 0 Å². The van der Waals surface area contributed by atoms with Gasteiger partial charge >= 0.3 is 0 Å². The lowest BCUT2D eigenvalue weighted by molar-refractivity contribution is 1.18. The minimum atomic E-state index is 1.07. The Hall–Kier alpha value is -9.76. The molecule has 0 spiro atoms. The van der Waals surface area contributed by atoms with Crippen LogP contribution in [-0.4, -0.2) is 4.57 Å². The maximum atomic E-state index is 2.40. The second-order valence-corrected chi connectivity index (χ2v) is 18.8. The van der Waals surface area contributed by atoms with Gasteiger partial charge in [0, 0.05) is 33.5 Å². The summed E-state index contributed by atoms with van der Waals surface area (Å²) in [4.78, 5) is 2.40. The van der Waals surface area contributed by atoms with Crippen molar-refractivity contribution in [1.29, 1.82) is 0 Å². The first-order valence-corrected chi connectivity index (χ1v) is 25.4. The first kappa shape index (κ1) is 44.2. The first-order chi connectivity index (χ1) is 36.7. The highest BCUT2D eigenvalue weighted by Gasteiger charge is 2.21. The smallest absolute Gasteiger partial charge is 0.0547 e.